The summed E-state index contributed by atoms with van der Waals surface area (Å²) in [5.74, 6) is 0.730. The van der Waals surface area contributed by atoms with Gasteiger partial charge in [-0.3, -0.25) is 0 Å². The highest BCUT2D eigenvalue weighted by Crippen LogP contribution is 2.11. The smallest absolute Gasteiger partial charge is 0.0619 e. The predicted molar refractivity (Wildman–Crippen MR) is 75.7 cm³/mol. The summed E-state index contributed by atoms with van der Waals surface area (Å²) in [5, 5.41) is 3.57. The topological polar surface area (TPSA) is 21.3 Å². The monoisotopic (exact) mass is 247 g/mol. The van der Waals surface area contributed by atoms with Gasteiger partial charge in [0.1, 0.15) is 0 Å². The average molecular weight is 247 g/mol. The Morgan fingerprint density at radius 1 is 1.22 bits per heavy atom. The molecule has 0 bridgehead atoms. The lowest BCUT2D eigenvalue weighted by Gasteiger charge is -2.23. The Bertz CT molecular complexity index is 339. The molecule has 1 N–H and O–H groups in total. The molecule has 0 saturated carbocycles. The first-order chi connectivity index (χ1) is 8.74. The van der Waals surface area contributed by atoms with Gasteiger partial charge >= 0.3 is 0 Å². The van der Waals surface area contributed by atoms with Crippen LogP contribution in [0, 0.1) is 5.92 Å². The summed E-state index contributed by atoms with van der Waals surface area (Å²) in [5.41, 5.74) is 2.81. The molecule has 1 unspecified atom stereocenters. The van der Waals surface area contributed by atoms with Gasteiger partial charge < -0.3 is 10.1 Å². The lowest BCUT2D eigenvalue weighted by molar-refractivity contribution is 0.0699. The SMILES string of the molecule is CC(C)Cc1ccc(CNC2CCCOC2)cc1. The van der Waals surface area contributed by atoms with Crippen molar-refractivity contribution >= 4 is 0 Å². The van der Waals surface area contributed by atoms with Crippen LogP contribution < -0.4 is 5.32 Å². The van der Waals surface area contributed by atoms with Gasteiger partial charge in [-0.25, -0.2) is 0 Å². The molecule has 1 heterocycles. The third kappa shape index (κ3) is 4.43. The summed E-state index contributed by atoms with van der Waals surface area (Å²) >= 11 is 0. The molecule has 1 aliphatic heterocycles. The third-order valence-electron chi connectivity index (χ3n) is 3.42. The van der Waals surface area contributed by atoms with Crippen molar-refractivity contribution in [3.05, 3.63) is 35.4 Å². The molecule has 2 nitrogen and oxygen atoms in total. The van der Waals surface area contributed by atoms with E-state index in [0.29, 0.717) is 6.04 Å². The number of ether oxygens (including phenoxy) is 1. The second kappa shape index (κ2) is 6.91. The Labute approximate surface area is 111 Å². The van der Waals surface area contributed by atoms with Crippen LogP contribution >= 0.6 is 0 Å². The molecule has 18 heavy (non-hydrogen) atoms. The van der Waals surface area contributed by atoms with Gasteiger partial charge in [-0.2, -0.15) is 0 Å². The molecule has 0 aliphatic carbocycles. The number of nitrogens with one attached hydrogen (secondary N) is 1. The zero-order valence-electron chi connectivity index (χ0n) is 11.6. The molecular weight excluding hydrogens is 222 g/mol. The van der Waals surface area contributed by atoms with Crippen molar-refractivity contribution < 1.29 is 4.74 Å². The van der Waals surface area contributed by atoms with Gasteiger partial charge in [0.2, 0.25) is 0 Å². The van der Waals surface area contributed by atoms with Gasteiger partial charge in [0, 0.05) is 19.2 Å². The predicted octanol–water partition coefficient (Wildman–Crippen LogP) is 3.15. The summed E-state index contributed by atoms with van der Waals surface area (Å²) in [6.07, 6.45) is 3.60. The molecule has 1 aromatic rings. The minimum atomic E-state index is 0.536. The Kier molecular flexibility index (Phi) is 5.21. The van der Waals surface area contributed by atoms with Gasteiger partial charge in [0.15, 0.2) is 0 Å². The molecule has 0 spiro atoms. The summed E-state index contributed by atoms with van der Waals surface area (Å²) in [6.45, 7) is 7.28. The summed E-state index contributed by atoms with van der Waals surface area (Å²) in [4.78, 5) is 0. The van der Waals surface area contributed by atoms with Crippen LogP contribution in [0.15, 0.2) is 24.3 Å². The summed E-state index contributed by atoms with van der Waals surface area (Å²) < 4.78 is 5.47. The van der Waals surface area contributed by atoms with E-state index >= 15 is 0 Å². The van der Waals surface area contributed by atoms with Crippen LogP contribution in [-0.4, -0.2) is 19.3 Å². The number of hydrogen-bond donors (Lipinski definition) is 1. The lowest BCUT2D eigenvalue weighted by atomic mass is 10.0. The van der Waals surface area contributed by atoms with E-state index in [9.17, 15) is 0 Å². The van der Waals surface area contributed by atoms with E-state index in [2.05, 4.69) is 43.4 Å². The molecule has 0 amide bonds. The van der Waals surface area contributed by atoms with Gasteiger partial charge in [-0.05, 0) is 36.3 Å². The molecule has 100 valence electrons. The normalized spacial score (nSPS) is 20.3. The zero-order valence-corrected chi connectivity index (χ0v) is 11.6. The minimum Gasteiger partial charge on any atom is -0.380 e. The van der Waals surface area contributed by atoms with E-state index in [4.69, 9.17) is 4.74 Å². The fourth-order valence-electron chi connectivity index (χ4n) is 2.43. The zero-order chi connectivity index (χ0) is 12.8. The standard InChI is InChI=1S/C16H25NO/c1-13(2)10-14-5-7-15(8-6-14)11-17-16-4-3-9-18-12-16/h5-8,13,16-17H,3-4,9-12H2,1-2H3. The third-order valence-corrected chi connectivity index (χ3v) is 3.42. The average Bonchev–Trinajstić information content (AvgIpc) is 2.38. The van der Waals surface area contributed by atoms with E-state index in [1.165, 1.54) is 30.4 Å². The molecule has 1 atom stereocenters. The van der Waals surface area contributed by atoms with Crippen LogP contribution in [0.25, 0.3) is 0 Å². The van der Waals surface area contributed by atoms with Crippen LogP contribution in [0.2, 0.25) is 0 Å². The first kappa shape index (κ1) is 13.6. The maximum absolute atomic E-state index is 5.47. The summed E-state index contributed by atoms with van der Waals surface area (Å²) in [6, 6.07) is 9.54. The largest absolute Gasteiger partial charge is 0.380 e. The van der Waals surface area contributed by atoms with Crippen molar-refractivity contribution in [3.8, 4) is 0 Å². The molecule has 1 fully saturated rings. The first-order valence-electron chi connectivity index (χ1n) is 7.13. The molecule has 1 aromatic carbocycles. The van der Waals surface area contributed by atoms with Gasteiger partial charge in [0.25, 0.3) is 0 Å². The fraction of sp³-hybridized carbons (Fsp3) is 0.625. The highest BCUT2D eigenvalue weighted by molar-refractivity contribution is 5.22. The lowest BCUT2D eigenvalue weighted by Crippen LogP contribution is -2.36. The van der Waals surface area contributed by atoms with Crippen LogP contribution in [-0.2, 0) is 17.7 Å². The number of benzene rings is 1. The Balaban J connectivity index is 1.78. The molecule has 0 radical (unpaired) electrons. The van der Waals surface area contributed by atoms with Crippen LogP contribution in [0.5, 0.6) is 0 Å². The molecule has 0 aromatic heterocycles. The van der Waals surface area contributed by atoms with Crippen LogP contribution in [0.3, 0.4) is 0 Å². The van der Waals surface area contributed by atoms with Crippen molar-refractivity contribution in [2.24, 2.45) is 5.92 Å². The van der Waals surface area contributed by atoms with Crippen LogP contribution in [0.1, 0.15) is 37.8 Å². The number of hydrogen-bond acceptors (Lipinski definition) is 2. The second-order valence-electron chi connectivity index (χ2n) is 5.71. The summed E-state index contributed by atoms with van der Waals surface area (Å²) in [7, 11) is 0. The Morgan fingerprint density at radius 3 is 2.56 bits per heavy atom. The highest BCUT2D eigenvalue weighted by Gasteiger charge is 2.12. The van der Waals surface area contributed by atoms with Crippen molar-refractivity contribution in [2.45, 2.75) is 45.7 Å². The van der Waals surface area contributed by atoms with E-state index in [1.807, 2.05) is 0 Å². The Morgan fingerprint density at radius 2 is 1.94 bits per heavy atom. The van der Waals surface area contributed by atoms with Gasteiger partial charge in [-0.1, -0.05) is 38.1 Å². The quantitative estimate of drug-likeness (QED) is 0.863. The van der Waals surface area contributed by atoms with Crippen molar-refractivity contribution in [1.82, 2.24) is 5.32 Å². The maximum atomic E-state index is 5.47. The van der Waals surface area contributed by atoms with Gasteiger partial charge in [-0.15, -0.1) is 0 Å². The van der Waals surface area contributed by atoms with E-state index in [1.54, 1.807) is 0 Å². The first-order valence-corrected chi connectivity index (χ1v) is 7.13. The van der Waals surface area contributed by atoms with E-state index in [-0.39, 0.29) is 0 Å². The van der Waals surface area contributed by atoms with Gasteiger partial charge in [0.05, 0.1) is 6.61 Å². The van der Waals surface area contributed by atoms with Crippen LogP contribution in [0.4, 0.5) is 0 Å². The maximum Gasteiger partial charge on any atom is 0.0619 e. The Hall–Kier alpha value is -0.860. The molecule has 2 rings (SSSR count). The number of rotatable bonds is 5. The van der Waals surface area contributed by atoms with Crippen molar-refractivity contribution in [1.29, 1.82) is 0 Å². The van der Waals surface area contributed by atoms with E-state index < -0.39 is 0 Å². The molecule has 1 aliphatic rings. The highest BCUT2D eigenvalue weighted by atomic mass is 16.5. The minimum absolute atomic E-state index is 0.536. The van der Waals surface area contributed by atoms with Crippen molar-refractivity contribution in [2.75, 3.05) is 13.2 Å². The van der Waals surface area contributed by atoms with E-state index in [0.717, 1.165) is 25.7 Å². The second-order valence-corrected chi connectivity index (χ2v) is 5.71. The molecular formula is C16H25NO. The van der Waals surface area contributed by atoms with Crippen molar-refractivity contribution in [3.63, 3.8) is 0 Å². The fourth-order valence-corrected chi connectivity index (χ4v) is 2.43. The molecule has 2 heteroatoms. The molecule has 1 saturated heterocycles.